The van der Waals surface area contributed by atoms with E-state index in [4.69, 9.17) is 9.47 Å². The van der Waals surface area contributed by atoms with Gasteiger partial charge in [0.25, 0.3) is 11.7 Å². The molecule has 0 bridgehead atoms. The highest BCUT2D eigenvalue weighted by atomic mass is 16.5. The first-order chi connectivity index (χ1) is 15.7. The van der Waals surface area contributed by atoms with E-state index < -0.39 is 17.7 Å². The Morgan fingerprint density at radius 2 is 1.76 bits per heavy atom. The zero-order valence-corrected chi connectivity index (χ0v) is 20.0. The summed E-state index contributed by atoms with van der Waals surface area (Å²) >= 11 is 0. The number of Topliss-reactive ketones (excluding diaryl/α,β-unsaturated/α-hetero) is 1. The number of rotatable bonds is 9. The number of ether oxygens (including phenoxy) is 2. The van der Waals surface area contributed by atoms with Crippen molar-refractivity contribution < 1.29 is 24.2 Å². The smallest absolute Gasteiger partial charge is 0.295 e. The minimum Gasteiger partial charge on any atom is -0.507 e. The second kappa shape index (κ2) is 10.7. The molecule has 0 saturated carbocycles. The fourth-order valence-electron chi connectivity index (χ4n) is 4.04. The van der Waals surface area contributed by atoms with Crippen LogP contribution in [0.15, 0.2) is 54.1 Å². The lowest BCUT2D eigenvalue weighted by atomic mass is 9.93. The van der Waals surface area contributed by atoms with Crippen LogP contribution in [0.1, 0.15) is 62.8 Å². The molecule has 1 unspecified atom stereocenters. The molecule has 1 aliphatic heterocycles. The molecule has 1 atom stereocenters. The molecule has 33 heavy (non-hydrogen) atoms. The second-order valence-corrected chi connectivity index (χ2v) is 8.85. The van der Waals surface area contributed by atoms with E-state index in [1.54, 1.807) is 31.4 Å². The lowest BCUT2D eigenvalue weighted by Crippen LogP contribution is -2.31. The van der Waals surface area contributed by atoms with Crippen LogP contribution in [0.4, 0.5) is 0 Å². The second-order valence-electron chi connectivity index (χ2n) is 8.85. The molecule has 0 aliphatic carbocycles. The van der Waals surface area contributed by atoms with Crippen molar-refractivity contribution in [3.63, 3.8) is 0 Å². The zero-order valence-electron chi connectivity index (χ0n) is 20.0. The largest absolute Gasteiger partial charge is 0.507 e. The van der Waals surface area contributed by atoms with Crippen molar-refractivity contribution in [1.82, 2.24) is 4.90 Å². The molecule has 1 fully saturated rings. The van der Waals surface area contributed by atoms with Crippen LogP contribution in [0.5, 0.6) is 5.75 Å². The first-order valence-corrected chi connectivity index (χ1v) is 11.4. The van der Waals surface area contributed by atoms with E-state index in [9.17, 15) is 14.7 Å². The summed E-state index contributed by atoms with van der Waals surface area (Å²) in [5, 5.41) is 11.2. The molecule has 0 aromatic heterocycles. The van der Waals surface area contributed by atoms with Crippen LogP contribution in [0.2, 0.25) is 0 Å². The Morgan fingerprint density at radius 1 is 1.06 bits per heavy atom. The summed E-state index contributed by atoms with van der Waals surface area (Å²) in [5.74, 6) is -0.551. The van der Waals surface area contributed by atoms with Gasteiger partial charge in [-0.25, -0.2) is 0 Å². The van der Waals surface area contributed by atoms with Gasteiger partial charge in [0, 0.05) is 25.8 Å². The molecule has 1 aliphatic rings. The third-order valence-electron chi connectivity index (χ3n) is 5.69. The van der Waals surface area contributed by atoms with Crippen LogP contribution >= 0.6 is 0 Å². The van der Waals surface area contributed by atoms with Crippen molar-refractivity contribution in [2.45, 2.75) is 52.2 Å². The maximum Gasteiger partial charge on any atom is 0.295 e. The standard InChI is InChI=1S/C27H33NO5/c1-17(2)19-10-12-20(13-11-19)24-23(26(30)27(31)28(24)14-7-15-32-5)25(29)21-8-6-9-22(16-21)33-18(3)4/h6,8-13,16-18,24,29H,7,14-15H2,1-5H3/b25-23-. The highest BCUT2D eigenvalue weighted by molar-refractivity contribution is 6.46. The average Bonchev–Trinajstić information content (AvgIpc) is 3.03. The molecule has 2 aromatic rings. The summed E-state index contributed by atoms with van der Waals surface area (Å²) in [6.45, 7) is 8.87. The predicted molar refractivity (Wildman–Crippen MR) is 128 cm³/mol. The fraction of sp³-hybridized carbons (Fsp3) is 0.407. The van der Waals surface area contributed by atoms with Crippen molar-refractivity contribution in [3.8, 4) is 5.75 Å². The Labute approximate surface area is 195 Å². The van der Waals surface area contributed by atoms with Crippen molar-refractivity contribution in [1.29, 1.82) is 0 Å². The minimum absolute atomic E-state index is 0.0340. The number of carbonyl (C=O) groups excluding carboxylic acids is 2. The number of hydrogen-bond donors (Lipinski definition) is 1. The molecule has 1 heterocycles. The molecule has 3 rings (SSSR count). The summed E-state index contributed by atoms with van der Waals surface area (Å²) in [5.41, 5.74) is 2.48. The van der Waals surface area contributed by atoms with Crippen molar-refractivity contribution in [2.24, 2.45) is 0 Å². The van der Waals surface area contributed by atoms with Crippen LogP contribution in [0, 0.1) is 0 Å². The Hall–Kier alpha value is -3.12. The summed E-state index contributed by atoms with van der Waals surface area (Å²) in [7, 11) is 1.60. The molecular weight excluding hydrogens is 418 g/mol. The van der Waals surface area contributed by atoms with E-state index in [2.05, 4.69) is 13.8 Å². The Balaban J connectivity index is 2.09. The number of methoxy groups -OCH3 is 1. The molecular formula is C27H33NO5. The number of carbonyl (C=O) groups is 2. The number of likely N-dealkylation sites (tertiary alicyclic amines) is 1. The summed E-state index contributed by atoms with van der Waals surface area (Å²) in [6.07, 6.45) is 0.551. The van der Waals surface area contributed by atoms with Crippen molar-refractivity contribution >= 4 is 17.4 Å². The number of aliphatic hydroxyl groups is 1. The Morgan fingerprint density at radius 3 is 2.36 bits per heavy atom. The predicted octanol–water partition coefficient (Wildman–Crippen LogP) is 5.06. The number of benzene rings is 2. The molecule has 6 heteroatoms. The van der Waals surface area contributed by atoms with Gasteiger partial charge >= 0.3 is 0 Å². The lowest BCUT2D eigenvalue weighted by Gasteiger charge is -2.25. The molecule has 1 saturated heterocycles. The van der Waals surface area contributed by atoms with Gasteiger partial charge in [-0.05, 0) is 49.4 Å². The van der Waals surface area contributed by atoms with E-state index >= 15 is 0 Å². The first kappa shape index (κ1) is 24.5. The van der Waals surface area contributed by atoms with Gasteiger partial charge in [0.2, 0.25) is 0 Å². The lowest BCUT2D eigenvalue weighted by molar-refractivity contribution is -0.140. The van der Waals surface area contributed by atoms with E-state index in [-0.39, 0.29) is 17.4 Å². The van der Waals surface area contributed by atoms with Crippen LogP contribution < -0.4 is 4.74 Å². The SMILES string of the molecule is COCCCN1C(=O)C(=O)/C(=C(\O)c2cccc(OC(C)C)c2)C1c1ccc(C(C)C)cc1. The van der Waals surface area contributed by atoms with Gasteiger partial charge < -0.3 is 19.5 Å². The Bertz CT molecular complexity index is 1020. The molecule has 2 aromatic carbocycles. The van der Waals surface area contributed by atoms with E-state index in [1.165, 1.54) is 4.90 Å². The maximum atomic E-state index is 13.1. The molecule has 176 valence electrons. The minimum atomic E-state index is -0.682. The molecule has 1 N–H and O–H groups in total. The van der Waals surface area contributed by atoms with Gasteiger partial charge in [-0.3, -0.25) is 9.59 Å². The fourth-order valence-corrected chi connectivity index (χ4v) is 4.04. The highest BCUT2D eigenvalue weighted by Crippen LogP contribution is 2.40. The van der Waals surface area contributed by atoms with Gasteiger partial charge in [0.1, 0.15) is 11.5 Å². The normalized spacial score (nSPS) is 17.9. The van der Waals surface area contributed by atoms with Crippen LogP contribution in [-0.2, 0) is 14.3 Å². The molecule has 1 amide bonds. The summed E-state index contributed by atoms with van der Waals surface area (Å²) in [4.78, 5) is 27.6. The molecule has 0 spiro atoms. The number of ketones is 1. The van der Waals surface area contributed by atoms with Crippen molar-refractivity contribution in [3.05, 3.63) is 70.8 Å². The van der Waals surface area contributed by atoms with Crippen molar-refractivity contribution in [2.75, 3.05) is 20.3 Å². The molecule has 0 radical (unpaired) electrons. The average molecular weight is 452 g/mol. The van der Waals surface area contributed by atoms with Gasteiger partial charge in [-0.1, -0.05) is 50.2 Å². The highest BCUT2D eigenvalue weighted by Gasteiger charge is 2.45. The number of aliphatic hydroxyl groups excluding tert-OH is 1. The summed E-state index contributed by atoms with van der Waals surface area (Å²) in [6, 6.07) is 14.2. The Kier molecular flexibility index (Phi) is 7.92. The van der Waals surface area contributed by atoms with Crippen LogP contribution in [0.25, 0.3) is 5.76 Å². The van der Waals surface area contributed by atoms with Gasteiger partial charge in [-0.15, -0.1) is 0 Å². The number of nitrogens with zero attached hydrogens (tertiary/aromatic N) is 1. The first-order valence-electron chi connectivity index (χ1n) is 11.4. The third-order valence-corrected chi connectivity index (χ3v) is 5.69. The van der Waals surface area contributed by atoms with Gasteiger partial charge in [-0.2, -0.15) is 0 Å². The number of hydrogen-bond acceptors (Lipinski definition) is 5. The topological polar surface area (TPSA) is 76.1 Å². The summed E-state index contributed by atoms with van der Waals surface area (Å²) < 4.78 is 10.9. The third kappa shape index (κ3) is 5.45. The molecule has 6 nitrogen and oxygen atoms in total. The van der Waals surface area contributed by atoms with E-state index in [1.807, 2.05) is 38.1 Å². The monoisotopic (exact) mass is 451 g/mol. The van der Waals surface area contributed by atoms with Gasteiger partial charge in [0.15, 0.2) is 0 Å². The van der Waals surface area contributed by atoms with Crippen LogP contribution in [-0.4, -0.2) is 48.1 Å². The van der Waals surface area contributed by atoms with Gasteiger partial charge in [0.05, 0.1) is 17.7 Å². The van der Waals surface area contributed by atoms with E-state index in [0.717, 1.165) is 11.1 Å². The maximum absolute atomic E-state index is 13.1. The quantitative estimate of drug-likeness (QED) is 0.250. The van der Waals surface area contributed by atoms with E-state index in [0.29, 0.717) is 36.8 Å². The number of amides is 1. The zero-order chi connectivity index (χ0) is 24.1. The van der Waals surface area contributed by atoms with Crippen LogP contribution in [0.3, 0.4) is 0 Å².